The minimum absolute atomic E-state index is 0. The summed E-state index contributed by atoms with van der Waals surface area (Å²) in [6.45, 7) is 3.77. The van der Waals surface area contributed by atoms with Gasteiger partial charge in [-0.1, -0.05) is 32.0 Å². The maximum Gasteiger partial charge on any atom is 0.328 e. The molecule has 0 spiro atoms. The lowest BCUT2D eigenvalue weighted by Gasteiger charge is -2.13. The fourth-order valence-electron chi connectivity index (χ4n) is 0.945. The molecule has 0 aliphatic heterocycles. The lowest BCUT2D eigenvalue weighted by Crippen LogP contribution is -2.38. The molecule has 1 unspecified atom stereocenters. The fourth-order valence-corrected chi connectivity index (χ4v) is 0.945. The number of para-hydroxylation sites is 1. The van der Waals surface area contributed by atoms with Crippen LogP contribution in [0.4, 0.5) is 0 Å². The van der Waals surface area contributed by atoms with E-state index in [1.165, 1.54) is 0 Å². The second-order valence-electron chi connectivity index (χ2n) is 3.50. The Balaban J connectivity index is 0.00000196. The highest BCUT2D eigenvalue weighted by Crippen LogP contribution is 2.10. The Hall–Kier alpha value is -1.06. The molecule has 0 fully saturated rings. The average Bonchev–Trinajstić information content (AvgIpc) is 2.18. The molecule has 4 heteroatoms. The molecule has 15 heavy (non-hydrogen) atoms. The standard InChI is InChI=1S/C11H15NO2.ClH/c1-8(2)10(12)11(13)14-9-6-4-3-5-7-9;/h3-8,10H,12H2,1-2H3;1H. The number of esters is 1. The van der Waals surface area contributed by atoms with Gasteiger partial charge in [0.25, 0.3) is 0 Å². The summed E-state index contributed by atoms with van der Waals surface area (Å²) in [5, 5.41) is 0. The number of hydrogen-bond donors (Lipinski definition) is 1. The third kappa shape index (κ3) is 4.32. The van der Waals surface area contributed by atoms with Crippen LogP contribution in [0.2, 0.25) is 0 Å². The lowest BCUT2D eigenvalue weighted by atomic mass is 10.1. The first-order chi connectivity index (χ1) is 6.61. The van der Waals surface area contributed by atoms with Crippen molar-refractivity contribution < 1.29 is 9.53 Å². The Bertz CT molecular complexity index is 301. The molecular formula is C11H16ClNO2. The van der Waals surface area contributed by atoms with Crippen molar-refractivity contribution >= 4 is 18.4 Å². The van der Waals surface area contributed by atoms with E-state index in [4.69, 9.17) is 10.5 Å². The molecule has 3 nitrogen and oxygen atoms in total. The van der Waals surface area contributed by atoms with Gasteiger partial charge < -0.3 is 10.5 Å². The van der Waals surface area contributed by atoms with Crippen LogP contribution in [-0.2, 0) is 4.79 Å². The second-order valence-corrected chi connectivity index (χ2v) is 3.50. The summed E-state index contributed by atoms with van der Waals surface area (Å²) in [6.07, 6.45) is 0. The average molecular weight is 230 g/mol. The van der Waals surface area contributed by atoms with Crippen LogP contribution in [0.1, 0.15) is 13.8 Å². The number of nitrogens with two attached hydrogens (primary N) is 1. The molecule has 0 saturated carbocycles. The van der Waals surface area contributed by atoms with Gasteiger partial charge in [0.2, 0.25) is 0 Å². The normalized spacial score (nSPS) is 11.7. The number of hydrogen-bond acceptors (Lipinski definition) is 3. The van der Waals surface area contributed by atoms with Crippen molar-refractivity contribution in [3.63, 3.8) is 0 Å². The molecule has 0 aromatic heterocycles. The van der Waals surface area contributed by atoms with Crippen LogP contribution >= 0.6 is 12.4 Å². The number of ether oxygens (including phenoxy) is 1. The molecule has 1 atom stereocenters. The Morgan fingerprint density at radius 1 is 1.27 bits per heavy atom. The highest BCUT2D eigenvalue weighted by atomic mass is 35.5. The Kier molecular flexibility index (Phi) is 5.97. The van der Waals surface area contributed by atoms with Crippen molar-refractivity contribution in [2.75, 3.05) is 0 Å². The molecule has 0 radical (unpaired) electrons. The zero-order valence-electron chi connectivity index (χ0n) is 8.84. The van der Waals surface area contributed by atoms with E-state index in [0.29, 0.717) is 5.75 Å². The van der Waals surface area contributed by atoms with E-state index in [2.05, 4.69) is 0 Å². The van der Waals surface area contributed by atoms with E-state index in [1.54, 1.807) is 12.1 Å². The molecule has 1 aromatic carbocycles. The van der Waals surface area contributed by atoms with E-state index in [9.17, 15) is 4.79 Å². The maximum atomic E-state index is 11.4. The highest BCUT2D eigenvalue weighted by Gasteiger charge is 2.19. The van der Waals surface area contributed by atoms with Crippen LogP contribution in [0, 0.1) is 5.92 Å². The van der Waals surface area contributed by atoms with Crippen LogP contribution in [0.3, 0.4) is 0 Å². The smallest absolute Gasteiger partial charge is 0.328 e. The van der Waals surface area contributed by atoms with Gasteiger partial charge in [-0.2, -0.15) is 0 Å². The summed E-state index contributed by atoms with van der Waals surface area (Å²) in [5.74, 6) is 0.242. The fraction of sp³-hybridized carbons (Fsp3) is 0.364. The van der Waals surface area contributed by atoms with Crippen LogP contribution < -0.4 is 10.5 Å². The van der Waals surface area contributed by atoms with Gasteiger partial charge in [-0.25, -0.2) is 4.79 Å². The first-order valence-corrected chi connectivity index (χ1v) is 4.63. The molecule has 0 bridgehead atoms. The van der Waals surface area contributed by atoms with Crippen molar-refractivity contribution in [1.29, 1.82) is 0 Å². The largest absolute Gasteiger partial charge is 0.425 e. The quantitative estimate of drug-likeness (QED) is 0.637. The van der Waals surface area contributed by atoms with E-state index in [-0.39, 0.29) is 24.3 Å². The third-order valence-electron chi connectivity index (χ3n) is 1.95. The predicted molar refractivity (Wildman–Crippen MR) is 62.1 cm³/mol. The number of halogens is 1. The van der Waals surface area contributed by atoms with Gasteiger partial charge in [0.05, 0.1) is 0 Å². The number of benzene rings is 1. The summed E-state index contributed by atoms with van der Waals surface area (Å²) >= 11 is 0. The van der Waals surface area contributed by atoms with Crippen LogP contribution in [0.25, 0.3) is 0 Å². The molecule has 0 aliphatic rings. The third-order valence-corrected chi connectivity index (χ3v) is 1.95. The van der Waals surface area contributed by atoms with Gasteiger partial charge in [0, 0.05) is 0 Å². The van der Waals surface area contributed by atoms with Crippen molar-refractivity contribution in [2.24, 2.45) is 11.7 Å². The van der Waals surface area contributed by atoms with Crippen LogP contribution in [-0.4, -0.2) is 12.0 Å². The molecule has 84 valence electrons. The van der Waals surface area contributed by atoms with E-state index < -0.39 is 6.04 Å². The topological polar surface area (TPSA) is 52.3 Å². The van der Waals surface area contributed by atoms with Crippen LogP contribution in [0.15, 0.2) is 30.3 Å². The molecule has 0 heterocycles. The maximum absolute atomic E-state index is 11.4. The second kappa shape index (κ2) is 6.43. The highest BCUT2D eigenvalue weighted by molar-refractivity contribution is 5.85. The lowest BCUT2D eigenvalue weighted by molar-refractivity contribution is -0.136. The minimum Gasteiger partial charge on any atom is -0.425 e. The van der Waals surface area contributed by atoms with Crippen molar-refractivity contribution in [1.82, 2.24) is 0 Å². The molecule has 2 N–H and O–H groups in total. The van der Waals surface area contributed by atoms with E-state index in [0.717, 1.165) is 0 Å². The van der Waals surface area contributed by atoms with Gasteiger partial charge in [0.15, 0.2) is 0 Å². The zero-order valence-corrected chi connectivity index (χ0v) is 9.66. The van der Waals surface area contributed by atoms with Gasteiger partial charge >= 0.3 is 5.97 Å². The van der Waals surface area contributed by atoms with Crippen molar-refractivity contribution in [3.05, 3.63) is 30.3 Å². The minimum atomic E-state index is -0.560. The Morgan fingerprint density at radius 3 is 2.27 bits per heavy atom. The first-order valence-electron chi connectivity index (χ1n) is 4.63. The SMILES string of the molecule is CC(C)C(N)C(=O)Oc1ccccc1.Cl. The molecule has 0 saturated heterocycles. The van der Waals surface area contributed by atoms with Gasteiger partial charge in [-0.3, -0.25) is 0 Å². The monoisotopic (exact) mass is 229 g/mol. The first kappa shape index (κ1) is 13.9. The predicted octanol–water partition coefficient (Wildman–Crippen LogP) is 2.00. The van der Waals surface area contributed by atoms with E-state index in [1.807, 2.05) is 32.0 Å². The van der Waals surface area contributed by atoms with E-state index >= 15 is 0 Å². The number of carbonyl (C=O) groups is 1. The Labute approximate surface area is 96.0 Å². The summed E-state index contributed by atoms with van der Waals surface area (Å²) in [7, 11) is 0. The summed E-state index contributed by atoms with van der Waals surface area (Å²) in [4.78, 5) is 11.4. The van der Waals surface area contributed by atoms with Gasteiger partial charge in [-0.15, -0.1) is 12.4 Å². The van der Waals surface area contributed by atoms with Gasteiger partial charge in [-0.05, 0) is 18.1 Å². The molecular weight excluding hydrogens is 214 g/mol. The molecule has 0 amide bonds. The van der Waals surface area contributed by atoms with Gasteiger partial charge in [0.1, 0.15) is 11.8 Å². The number of carbonyl (C=O) groups excluding carboxylic acids is 1. The summed E-state index contributed by atoms with van der Waals surface area (Å²) < 4.78 is 5.07. The molecule has 1 aromatic rings. The van der Waals surface area contributed by atoms with Crippen LogP contribution in [0.5, 0.6) is 5.75 Å². The summed E-state index contributed by atoms with van der Waals surface area (Å²) in [6, 6.07) is 8.37. The summed E-state index contributed by atoms with van der Waals surface area (Å²) in [5.41, 5.74) is 5.63. The van der Waals surface area contributed by atoms with Crippen molar-refractivity contribution in [3.8, 4) is 5.75 Å². The Morgan fingerprint density at radius 2 is 1.80 bits per heavy atom. The molecule has 1 rings (SSSR count). The zero-order chi connectivity index (χ0) is 10.6. The molecule has 0 aliphatic carbocycles. The number of rotatable bonds is 3. The van der Waals surface area contributed by atoms with Crippen molar-refractivity contribution in [2.45, 2.75) is 19.9 Å².